The molecule has 0 aromatic heterocycles. The fourth-order valence-electron chi connectivity index (χ4n) is 5.29. The highest BCUT2D eigenvalue weighted by molar-refractivity contribution is 5.48. The Labute approximate surface area is 214 Å². The Bertz CT molecular complexity index is 980. The largest absolute Gasteiger partial charge is 0.508 e. The maximum absolute atomic E-state index is 10.1. The smallest absolute Gasteiger partial charge is 0.133 e. The Morgan fingerprint density at radius 2 is 1.67 bits per heavy atom. The van der Waals surface area contributed by atoms with Crippen LogP contribution in [-0.4, -0.2) is 65.5 Å². The minimum absolute atomic E-state index is 0.188. The van der Waals surface area contributed by atoms with Crippen LogP contribution in [0.3, 0.4) is 0 Å². The first-order valence-electron chi connectivity index (χ1n) is 13.2. The van der Waals surface area contributed by atoms with E-state index >= 15 is 0 Å². The summed E-state index contributed by atoms with van der Waals surface area (Å²) in [7, 11) is 0. The van der Waals surface area contributed by atoms with Crippen LogP contribution in [0.25, 0.3) is 0 Å². The van der Waals surface area contributed by atoms with Gasteiger partial charge in [-0.25, -0.2) is 0 Å². The number of aromatic hydroxyl groups is 1. The number of phenolic OH excluding ortho intramolecular Hbond substituents is 1. The van der Waals surface area contributed by atoms with Crippen LogP contribution in [0.1, 0.15) is 54.4 Å². The molecule has 0 amide bonds. The molecule has 0 spiro atoms. The van der Waals surface area contributed by atoms with Crippen molar-refractivity contribution in [2.75, 3.05) is 19.8 Å². The zero-order valence-corrected chi connectivity index (χ0v) is 21.7. The number of rotatable bonds is 9. The quantitative estimate of drug-likeness (QED) is 0.413. The molecular formula is C29H41NO6. The summed E-state index contributed by atoms with van der Waals surface area (Å²) in [5.41, 5.74) is 4.41. The number of phenols is 1. The summed E-state index contributed by atoms with van der Waals surface area (Å²) < 4.78 is 17.8. The van der Waals surface area contributed by atoms with Gasteiger partial charge in [-0.15, -0.1) is 0 Å². The van der Waals surface area contributed by atoms with Gasteiger partial charge in [-0.1, -0.05) is 12.1 Å². The standard InChI is InChI=1S/C29H41NO6/c1-18-16-23(31)6-9-26(18)36-29-19(2)14-21(15-20(29)3)10-12-30-22-4-7-24(8-5-22)35-17-27-28(33)25(32)11-13-34-27/h6,9,14-16,22,24-25,27-28,30-33H,4-5,7-8,10-13,17H2,1-3H3. The van der Waals surface area contributed by atoms with Crippen molar-refractivity contribution in [1.82, 2.24) is 5.32 Å². The van der Waals surface area contributed by atoms with Gasteiger partial charge in [0.15, 0.2) is 0 Å². The van der Waals surface area contributed by atoms with Gasteiger partial charge in [0, 0.05) is 12.6 Å². The van der Waals surface area contributed by atoms with E-state index in [1.807, 2.05) is 6.92 Å². The van der Waals surface area contributed by atoms with Gasteiger partial charge in [0.25, 0.3) is 0 Å². The van der Waals surface area contributed by atoms with E-state index in [1.165, 1.54) is 5.56 Å². The summed E-state index contributed by atoms with van der Waals surface area (Å²) in [5.74, 6) is 1.87. The van der Waals surface area contributed by atoms with Crippen LogP contribution >= 0.6 is 0 Å². The van der Waals surface area contributed by atoms with Crippen molar-refractivity contribution >= 4 is 0 Å². The van der Waals surface area contributed by atoms with Crippen molar-refractivity contribution in [2.24, 2.45) is 0 Å². The molecule has 0 bridgehead atoms. The Hall–Kier alpha value is -2.16. The zero-order valence-electron chi connectivity index (χ0n) is 21.7. The van der Waals surface area contributed by atoms with Gasteiger partial charge < -0.3 is 34.8 Å². The van der Waals surface area contributed by atoms with E-state index in [0.29, 0.717) is 25.7 Å². The second-order valence-electron chi connectivity index (χ2n) is 10.4. The Morgan fingerprint density at radius 3 is 2.36 bits per heavy atom. The zero-order chi connectivity index (χ0) is 25.7. The molecule has 3 atom stereocenters. The molecule has 4 rings (SSSR count). The second kappa shape index (κ2) is 12.4. The highest BCUT2D eigenvalue weighted by atomic mass is 16.5. The lowest BCUT2D eigenvalue weighted by molar-refractivity contribution is -0.163. The molecule has 7 nitrogen and oxygen atoms in total. The van der Waals surface area contributed by atoms with E-state index in [0.717, 1.165) is 66.8 Å². The highest BCUT2D eigenvalue weighted by Crippen LogP contribution is 2.33. The van der Waals surface area contributed by atoms with Crippen LogP contribution in [0.5, 0.6) is 17.2 Å². The Balaban J connectivity index is 1.19. The molecule has 2 aromatic rings. The average molecular weight is 500 g/mol. The van der Waals surface area contributed by atoms with E-state index in [9.17, 15) is 15.3 Å². The van der Waals surface area contributed by atoms with E-state index in [1.54, 1.807) is 18.2 Å². The Kier molecular flexibility index (Phi) is 9.25. The lowest BCUT2D eigenvalue weighted by Gasteiger charge is -2.34. The number of ether oxygens (including phenoxy) is 3. The number of aliphatic hydroxyl groups excluding tert-OH is 2. The molecule has 2 fully saturated rings. The molecule has 1 saturated heterocycles. The van der Waals surface area contributed by atoms with Gasteiger partial charge in [0.1, 0.15) is 29.5 Å². The second-order valence-corrected chi connectivity index (χ2v) is 10.4. The fraction of sp³-hybridized carbons (Fsp3) is 0.586. The molecule has 2 aromatic carbocycles. The molecule has 36 heavy (non-hydrogen) atoms. The predicted molar refractivity (Wildman–Crippen MR) is 139 cm³/mol. The SMILES string of the molecule is Cc1cc(O)ccc1Oc1c(C)cc(CCNC2CCC(OCC3OCCC(O)C3O)CC2)cc1C. The molecule has 198 valence electrons. The molecule has 1 saturated carbocycles. The van der Waals surface area contributed by atoms with Crippen molar-refractivity contribution in [1.29, 1.82) is 0 Å². The van der Waals surface area contributed by atoms with Gasteiger partial charge in [-0.3, -0.25) is 0 Å². The fourth-order valence-corrected chi connectivity index (χ4v) is 5.29. The van der Waals surface area contributed by atoms with Crippen molar-refractivity contribution < 1.29 is 29.5 Å². The number of aryl methyl sites for hydroxylation is 3. The molecule has 7 heteroatoms. The highest BCUT2D eigenvalue weighted by Gasteiger charge is 2.32. The van der Waals surface area contributed by atoms with E-state index < -0.39 is 18.3 Å². The third-order valence-corrected chi connectivity index (χ3v) is 7.43. The summed E-state index contributed by atoms with van der Waals surface area (Å²) in [6, 6.07) is 10.0. The predicted octanol–water partition coefficient (Wildman–Crippen LogP) is 4.08. The minimum Gasteiger partial charge on any atom is -0.508 e. The molecule has 1 aliphatic carbocycles. The molecule has 1 aliphatic heterocycles. The van der Waals surface area contributed by atoms with Gasteiger partial charge in [-0.05, 0) is 106 Å². The van der Waals surface area contributed by atoms with Gasteiger partial charge in [0.2, 0.25) is 0 Å². The molecule has 3 unspecified atom stereocenters. The van der Waals surface area contributed by atoms with Crippen molar-refractivity contribution in [3.05, 3.63) is 52.6 Å². The lowest BCUT2D eigenvalue weighted by Crippen LogP contribution is -2.47. The van der Waals surface area contributed by atoms with Crippen LogP contribution in [0.15, 0.2) is 30.3 Å². The van der Waals surface area contributed by atoms with Crippen LogP contribution in [0, 0.1) is 20.8 Å². The summed E-state index contributed by atoms with van der Waals surface area (Å²) in [6.45, 7) is 7.82. The van der Waals surface area contributed by atoms with Crippen LogP contribution in [0.2, 0.25) is 0 Å². The normalized spacial score (nSPS) is 26.6. The minimum atomic E-state index is -0.860. The van der Waals surface area contributed by atoms with Crippen molar-refractivity contribution in [3.63, 3.8) is 0 Å². The first-order chi connectivity index (χ1) is 17.3. The summed E-state index contributed by atoms with van der Waals surface area (Å²) in [6.07, 6.45) is 3.73. The lowest BCUT2D eigenvalue weighted by atomic mass is 9.92. The van der Waals surface area contributed by atoms with Crippen molar-refractivity contribution in [2.45, 2.75) is 89.8 Å². The van der Waals surface area contributed by atoms with Gasteiger partial charge in [0.05, 0.1) is 18.8 Å². The molecule has 4 N–H and O–H groups in total. The third kappa shape index (κ3) is 6.99. The number of benzene rings is 2. The molecule has 0 radical (unpaired) electrons. The molecule has 1 heterocycles. The van der Waals surface area contributed by atoms with E-state index in [-0.39, 0.29) is 11.9 Å². The van der Waals surface area contributed by atoms with E-state index in [4.69, 9.17) is 14.2 Å². The maximum Gasteiger partial charge on any atom is 0.133 e. The summed E-state index contributed by atoms with van der Waals surface area (Å²) >= 11 is 0. The van der Waals surface area contributed by atoms with Crippen LogP contribution in [0.4, 0.5) is 0 Å². The summed E-state index contributed by atoms with van der Waals surface area (Å²) in [5, 5.41) is 33.2. The van der Waals surface area contributed by atoms with Gasteiger partial charge >= 0.3 is 0 Å². The number of hydrogen-bond acceptors (Lipinski definition) is 7. The van der Waals surface area contributed by atoms with E-state index in [2.05, 4.69) is 31.3 Å². The number of hydrogen-bond donors (Lipinski definition) is 4. The van der Waals surface area contributed by atoms with Crippen LogP contribution < -0.4 is 10.1 Å². The average Bonchev–Trinajstić information content (AvgIpc) is 2.84. The third-order valence-electron chi connectivity index (χ3n) is 7.43. The van der Waals surface area contributed by atoms with Gasteiger partial charge in [-0.2, -0.15) is 0 Å². The monoisotopic (exact) mass is 499 g/mol. The van der Waals surface area contributed by atoms with Crippen molar-refractivity contribution in [3.8, 4) is 17.2 Å². The molecule has 2 aliphatic rings. The summed E-state index contributed by atoms with van der Waals surface area (Å²) in [4.78, 5) is 0. The van der Waals surface area contributed by atoms with Crippen LogP contribution in [-0.2, 0) is 15.9 Å². The number of nitrogens with one attached hydrogen (secondary N) is 1. The maximum atomic E-state index is 10.1. The molecular weight excluding hydrogens is 458 g/mol. The topological polar surface area (TPSA) is 100 Å². The Morgan fingerprint density at radius 1 is 0.944 bits per heavy atom. The number of aliphatic hydroxyl groups is 2. The first kappa shape index (κ1) is 26.9. The first-order valence-corrected chi connectivity index (χ1v) is 13.2.